The van der Waals surface area contributed by atoms with Crippen molar-refractivity contribution in [1.29, 1.82) is 0 Å². The molecule has 0 radical (unpaired) electrons. The van der Waals surface area contributed by atoms with Crippen molar-refractivity contribution >= 4 is 5.97 Å². The fourth-order valence-corrected chi connectivity index (χ4v) is 2.92. The van der Waals surface area contributed by atoms with E-state index in [1.165, 1.54) is 26.4 Å². The predicted octanol–water partition coefficient (Wildman–Crippen LogP) is 2.75. The Labute approximate surface area is 124 Å². The summed E-state index contributed by atoms with van der Waals surface area (Å²) in [6.45, 7) is 1.73. The van der Waals surface area contributed by atoms with Crippen molar-refractivity contribution in [2.24, 2.45) is 0 Å². The van der Waals surface area contributed by atoms with Crippen LogP contribution in [0.25, 0.3) is 0 Å². The van der Waals surface area contributed by atoms with E-state index in [9.17, 15) is 9.18 Å². The molecule has 1 N–H and O–H groups in total. The minimum Gasteiger partial charge on any atom is -0.494 e. The van der Waals surface area contributed by atoms with Gasteiger partial charge in [0.2, 0.25) is 0 Å². The highest BCUT2D eigenvalue weighted by Gasteiger charge is 2.39. The predicted molar refractivity (Wildman–Crippen MR) is 77.7 cm³/mol. The highest BCUT2D eigenvalue weighted by atomic mass is 19.1. The van der Waals surface area contributed by atoms with Gasteiger partial charge < -0.3 is 9.47 Å². The van der Waals surface area contributed by atoms with Gasteiger partial charge in [0, 0.05) is 6.04 Å². The van der Waals surface area contributed by atoms with Crippen molar-refractivity contribution in [3.05, 3.63) is 29.6 Å². The Hall–Kier alpha value is -1.62. The van der Waals surface area contributed by atoms with Crippen LogP contribution in [0.2, 0.25) is 0 Å². The number of hydrogen-bond acceptors (Lipinski definition) is 4. The molecule has 0 saturated heterocycles. The van der Waals surface area contributed by atoms with Gasteiger partial charge in [0.25, 0.3) is 0 Å². The van der Waals surface area contributed by atoms with Gasteiger partial charge in [-0.1, -0.05) is 18.9 Å². The minimum atomic E-state index is -1.06. The molecule has 0 aliphatic heterocycles. The molecule has 5 heteroatoms. The Morgan fingerprint density at radius 3 is 2.52 bits per heavy atom. The number of halogens is 1. The number of rotatable bonds is 5. The molecule has 1 aromatic rings. The molecule has 0 amide bonds. The van der Waals surface area contributed by atoms with Gasteiger partial charge in [-0.15, -0.1) is 0 Å². The summed E-state index contributed by atoms with van der Waals surface area (Å²) in [5.41, 5.74) is -0.517. The van der Waals surface area contributed by atoms with Crippen LogP contribution in [0.15, 0.2) is 18.2 Å². The summed E-state index contributed by atoms with van der Waals surface area (Å²) in [5.74, 6) is -0.746. The van der Waals surface area contributed by atoms with Gasteiger partial charge in [0.05, 0.1) is 14.2 Å². The van der Waals surface area contributed by atoms with Gasteiger partial charge in [-0.3, -0.25) is 5.32 Å². The third-order valence-electron chi connectivity index (χ3n) is 4.17. The lowest BCUT2D eigenvalue weighted by molar-refractivity contribution is -0.148. The molecule has 1 saturated carbocycles. The molecule has 0 bridgehead atoms. The number of methoxy groups -OCH3 is 2. The summed E-state index contributed by atoms with van der Waals surface area (Å²) in [7, 11) is 2.76. The van der Waals surface area contributed by atoms with Crippen molar-refractivity contribution in [2.75, 3.05) is 14.2 Å². The number of nitrogens with one attached hydrogen (secondary N) is 1. The van der Waals surface area contributed by atoms with E-state index in [4.69, 9.17) is 9.47 Å². The average molecular weight is 295 g/mol. The van der Waals surface area contributed by atoms with E-state index in [0.29, 0.717) is 5.56 Å². The molecule has 1 aliphatic rings. The van der Waals surface area contributed by atoms with E-state index in [2.05, 4.69) is 5.32 Å². The van der Waals surface area contributed by atoms with Crippen molar-refractivity contribution in [3.8, 4) is 5.75 Å². The quantitative estimate of drug-likeness (QED) is 0.849. The first kappa shape index (κ1) is 15.8. The molecule has 0 aromatic heterocycles. The molecular weight excluding hydrogens is 273 g/mol. The van der Waals surface area contributed by atoms with E-state index >= 15 is 0 Å². The van der Waals surface area contributed by atoms with Crippen molar-refractivity contribution < 1.29 is 18.7 Å². The number of carbonyl (C=O) groups is 1. The third kappa shape index (κ3) is 3.18. The van der Waals surface area contributed by atoms with Crippen LogP contribution in [-0.4, -0.2) is 26.2 Å². The second kappa shape index (κ2) is 6.43. The standard InChI is InChI=1S/C16H22FNO3/c1-16(15(19)21-3,18-12-6-4-5-7-12)11-8-9-14(20-2)13(17)10-11/h8-10,12,18H,4-7H2,1-3H3. The highest BCUT2D eigenvalue weighted by Crippen LogP contribution is 2.30. The van der Waals surface area contributed by atoms with E-state index in [0.717, 1.165) is 25.7 Å². The zero-order valence-corrected chi connectivity index (χ0v) is 12.7. The lowest BCUT2D eigenvalue weighted by Crippen LogP contribution is -2.51. The Bertz CT molecular complexity index is 514. The molecular formula is C16H22FNO3. The normalized spacial score (nSPS) is 18.3. The Morgan fingerprint density at radius 2 is 2.00 bits per heavy atom. The molecule has 116 valence electrons. The van der Waals surface area contributed by atoms with Gasteiger partial charge in [0.1, 0.15) is 5.54 Å². The fourth-order valence-electron chi connectivity index (χ4n) is 2.92. The Balaban J connectivity index is 2.34. The number of hydrogen-bond donors (Lipinski definition) is 1. The van der Waals surface area contributed by atoms with Crippen LogP contribution in [-0.2, 0) is 15.1 Å². The van der Waals surface area contributed by atoms with Crippen LogP contribution in [0.1, 0.15) is 38.2 Å². The Morgan fingerprint density at radius 1 is 1.33 bits per heavy atom. The van der Waals surface area contributed by atoms with Crippen LogP contribution in [0, 0.1) is 5.82 Å². The number of carbonyl (C=O) groups excluding carboxylic acids is 1. The fraction of sp³-hybridized carbons (Fsp3) is 0.562. The van der Waals surface area contributed by atoms with Gasteiger partial charge in [-0.25, -0.2) is 9.18 Å². The summed E-state index contributed by atoms with van der Waals surface area (Å²) < 4.78 is 23.8. The first-order valence-electron chi connectivity index (χ1n) is 7.21. The maximum absolute atomic E-state index is 14.0. The molecule has 1 unspecified atom stereocenters. The van der Waals surface area contributed by atoms with Crippen molar-refractivity contribution in [1.82, 2.24) is 5.32 Å². The monoisotopic (exact) mass is 295 g/mol. The maximum atomic E-state index is 14.0. The molecule has 4 nitrogen and oxygen atoms in total. The molecule has 1 atom stereocenters. The van der Waals surface area contributed by atoms with Gasteiger partial charge >= 0.3 is 5.97 Å². The molecule has 1 aliphatic carbocycles. The third-order valence-corrected chi connectivity index (χ3v) is 4.17. The van der Waals surface area contributed by atoms with E-state index in [1.807, 2.05) is 0 Å². The molecule has 1 aromatic carbocycles. The lowest BCUT2D eigenvalue weighted by Gasteiger charge is -2.32. The average Bonchev–Trinajstić information content (AvgIpc) is 2.98. The SMILES string of the molecule is COC(=O)C(C)(NC1CCCC1)c1ccc(OC)c(F)c1. The second-order valence-corrected chi connectivity index (χ2v) is 5.59. The van der Waals surface area contributed by atoms with Crippen molar-refractivity contribution in [2.45, 2.75) is 44.2 Å². The highest BCUT2D eigenvalue weighted by molar-refractivity contribution is 5.82. The topological polar surface area (TPSA) is 47.6 Å². The number of ether oxygens (including phenoxy) is 2. The lowest BCUT2D eigenvalue weighted by atomic mass is 9.90. The Kier molecular flexibility index (Phi) is 4.83. The summed E-state index contributed by atoms with van der Waals surface area (Å²) in [4.78, 5) is 12.2. The first-order chi connectivity index (χ1) is 10.0. The van der Waals surface area contributed by atoms with Crippen LogP contribution < -0.4 is 10.1 Å². The summed E-state index contributed by atoms with van der Waals surface area (Å²) >= 11 is 0. The van der Waals surface area contributed by atoms with Crippen LogP contribution in [0.5, 0.6) is 5.75 Å². The van der Waals surface area contributed by atoms with Gasteiger partial charge in [-0.2, -0.15) is 0 Å². The minimum absolute atomic E-state index is 0.159. The molecule has 0 heterocycles. The number of benzene rings is 1. The number of esters is 1. The van der Waals surface area contributed by atoms with Crippen LogP contribution in [0.4, 0.5) is 4.39 Å². The van der Waals surface area contributed by atoms with E-state index in [-0.39, 0.29) is 11.8 Å². The maximum Gasteiger partial charge on any atom is 0.330 e. The summed E-state index contributed by atoms with van der Waals surface area (Å²) in [5, 5.41) is 3.34. The van der Waals surface area contributed by atoms with Crippen LogP contribution in [0.3, 0.4) is 0 Å². The van der Waals surface area contributed by atoms with Crippen LogP contribution >= 0.6 is 0 Å². The first-order valence-corrected chi connectivity index (χ1v) is 7.21. The largest absolute Gasteiger partial charge is 0.494 e. The molecule has 1 fully saturated rings. The van der Waals surface area contributed by atoms with E-state index < -0.39 is 17.3 Å². The summed E-state index contributed by atoms with van der Waals surface area (Å²) in [6, 6.07) is 4.81. The van der Waals surface area contributed by atoms with E-state index in [1.54, 1.807) is 13.0 Å². The zero-order valence-electron chi connectivity index (χ0n) is 12.7. The smallest absolute Gasteiger partial charge is 0.330 e. The zero-order chi connectivity index (χ0) is 15.5. The molecule has 0 spiro atoms. The van der Waals surface area contributed by atoms with Gasteiger partial charge in [0.15, 0.2) is 11.6 Å². The van der Waals surface area contributed by atoms with Gasteiger partial charge in [-0.05, 0) is 37.5 Å². The summed E-state index contributed by atoms with van der Waals surface area (Å²) in [6.07, 6.45) is 4.33. The second-order valence-electron chi connectivity index (χ2n) is 5.59. The molecule has 2 rings (SSSR count). The van der Waals surface area contributed by atoms with Crippen molar-refractivity contribution in [3.63, 3.8) is 0 Å². The molecule has 21 heavy (non-hydrogen) atoms.